The SMILES string of the molecule is CC(C)OC(=O)OCOc1ccc2c(c1)[C@@]13CCCC[C@H]1[C@@H](C2)NCC3.O=C(O)[C@H](O)[C@@H](O)C(=O)O. The van der Waals surface area contributed by atoms with E-state index in [2.05, 4.69) is 17.4 Å². The van der Waals surface area contributed by atoms with Gasteiger partial charge >= 0.3 is 18.1 Å². The third kappa shape index (κ3) is 6.26. The Bertz CT molecular complexity index is 929. The normalized spacial score (nSPS) is 25.7. The lowest BCUT2D eigenvalue weighted by molar-refractivity contribution is -0.165. The van der Waals surface area contributed by atoms with Crippen molar-refractivity contribution in [1.82, 2.24) is 5.32 Å². The number of hydrogen-bond acceptors (Lipinski definition) is 9. The number of carboxylic acids is 2. The fourth-order valence-corrected chi connectivity index (χ4v) is 5.64. The molecule has 2 aliphatic carbocycles. The Hall–Kier alpha value is -2.89. The van der Waals surface area contributed by atoms with Gasteiger partial charge in [-0.3, -0.25) is 0 Å². The molecular formula is C25H35NO10. The van der Waals surface area contributed by atoms with Crippen LogP contribution in [0.2, 0.25) is 0 Å². The first-order valence-electron chi connectivity index (χ1n) is 12.2. The van der Waals surface area contributed by atoms with Crippen LogP contribution in [0.5, 0.6) is 5.75 Å². The summed E-state index contributed by atoms with van der Waals surface area (Å²) in [4.78, 5) is 31.0. The molecule has 1 aromatic carbocycles. The maximum absolute atomic E-state index is 11.5. The van der Waals surface area contributed by atoms with Crippen molar-refractivity contribution in [2.75, 3.05) is 13.3 Å². The van der Waals surface area contributed by atoms with Crippen LogP contribution in [0.3, 0.4) is 0 Å². The van der Waals surface area contributed by atoms with E-state index in [0.717, 1.165) is 24.6 Å². The molecule has 2 fully saturated rings. The topological polar surface area (TPSA) is 172 Å². The molecule has 2 bridgehead atoms. The summed E-state index contributed by atoms with van der Waals surface area (Å²) >= 11 is 0. The molecule has 11 nitrogen and oxygen atoms in total. The van der Waals surface area contributed by atoms with E-state index in [1.807, 2.05) is 6.07 Å². The van der Waals surface area contributed by atoms with Gasteiger partial charge in [0, 0.05) is 11.5 Å². The second-order valence-electron chi connectivity index (χ2n) is 9.73. The summed E-state index contributed by atoms with van der Waals surface area (Å²) in [6.45, 7) is 4.57. The molecule has 0 spiro atoms. The zero-order valence-electron chi connectivity index (χ0n) is 20.5. The Morgan fingerprint density at radius 2 is 1.78 bits per heavy atom. The number of benzene rings is 1. The number of piperidine rings is 1. The van der Waals surface area contributed by atoms with Crippen molar-refractivity contribution in [2.45, 2.75) is 82.1 Å². The average Bonchev–Trinajstić information content (AvgIpc) is 2.83. The van der Waals surface area contributed by atoms with Crippen molar-refractivity contribution in [3.05, 3.63) is 29.3 Å². The minimum Gasteiger partial charge on any atom is -0.479 e. The third-order valence-corrected chi connectivity index (χ3v) is 7.16. The number of nitrogens with one attached hydrogen (secondary N) is 1. The Morgan fingerprint density at radius 3 is 2.42 bits per heavy atom. The zero-order chi connectivity index (χ0) is 26.5. The standard InChI is InChI=1S/C21H29NO4.C4H6O6/c1-14(2)26-20(23)25-13-24-16-7-6-15-11-19-17-5-3-4-8-21(17,9-10-22-19)18(15)12-16;5-1(3(7)8)2(6)4(9)10/h6-7,12,14,17,19,22H,3-5,8-11,13H2,1-2H3;1-2,5-6H,(H,7,8)(H,9,10)/t17-,19+,21+;1-,2-/m01/s1. The number of aliphatic hydroxyl groups excluding tert-OH is 2. The van der Waals surface area contributed by atoms with Crippen LogP contribution in [-0.2, 0) is 30.9 Å². The summed E-state index contributed by atoms with van der Waals surface area (Å²) in [6.07, 6.45) is 2.18. The van der Waals surface area contributed by atoms with Crippen molar-refractivity contribution in [3.63, 3.8) is 0 Å². The highest BCUT2D eigenvalue weighted by molar-refractivity contribution is 5.83. The smallest absolute Gasteiger partial charge is 0.479 e. The number of rotatable bonds is 7. The van der Waals surface area contributed by atoms with E-state index >= 15 is 0 Å². The monoisotopic (exact) mass is 509 g/mol. The molecule has 11 heteroatoms. The molecule has 5 atom stereocenters. The summed E-state index contributed by atoms with van der Waals surface area (Å²) in [6, 6.07) is 7.01. The largest absolute Gasteiger partial charge is 0.511 e. The van der Waals surface area contributed by atoms with Crippen LogP contribution in [0.25, 0.3) is 0 Å². The summed E-state index contributed by atoms with van der Waals surface area (Å²) in [5, 5.41) is 36.3. The van der Waals surface area contributed by atoms with Gasteiger partial charge in [0.1, 0.15) is 5.75 Å². The Morgan fingerprint density at radius 1 is 1.08 bits per heavy atom. The summed E-state index contributed by atoms with van der Waals surface area (Å²) < 4.78 is 15.6. The molecule has 1 saturated heterocycles. The molecule has 3 aliphatic rings. The molecule has 200 valence electrons. The van der Waals surface area contributed by atoms with Crippen LogP contribution in [0.4, 0.5) is 4.79 Å². The first-order valence-corrected chi connectivity index (χ1v) is 12.2. The number of carbonyl (C=O) groups is 3. The summed E-state index contributed by atoms with van der Waals surface area (Å²) in [7, 11) is 0. The number of ether oxygens (including phenoxy) is 3. The number of aliphatic hydroxyl groups is 2. The maximum atomic E-state index is 11.5. The number of carboxylic acid groups (broad SMARTS) is 2. The van der Waals surface area contributed by atoms with Crippen LogP contribution in [0, 0.1) is 5.92 Å². The van der Waals surface area contributed by atoms with E-state index in [1.165, 1.54) is 43.2 Å². The van der Waals surface area contributed by atoms with Gasteiger partial charge < -0.3 is 40.0 Å². The lowest BCUT2D eigenvalue weighted by atomic mass is 9.53. The van der Waals surface area contributed by atoms with E-state index in [-0.39, 0.29) is 12.9 Å². The molecule has 36 heavy (non-hydrogen) atoms. The summed E-state index contributed by atoms with van der Waals surface area (Å²) in [5.74, 6) is -2.02. The van der Waals surface area contributed by atoms with Gasteiger partial charge in [0.15, 0.2) is 12.2 Å². The van der Waals surface area contributed by atoms with E-state index in [4.69, 9.17) is 34.6 Å². The number of aliphatic carboxylic acids is 2. The summed E-state index contributed by atoms with van der Waals surface area (Å²) in [5.41, 5.74) is 3.23. The van der Waals surface area contributed by atoms with Gasteiger partial charge in [-0.15, -0.1) is 0 Å². The molecule has 0 radical (unpaired) electrons. The van der Waals surface area contributed by atoms with Crippen molar-refractivity contribution < 1.29 is 49.0 Å². The van der Waals surface area contributed by atoms with Crippen LogP contribution < -0.4 is 10.1 Å². The lowest BCUT2D eigenvalue weighted by Crippen LogP contribution is -2.59. The first kappa shape index (κ1) is 27.7. The third-order valence-electron chi connectivity index (χ3n) is 7.16. The fraction of sp³-hybridized carbons (Fsp3) is 0.640. The van der Waals surface area contributed by atoms with E-state index < -0.39 is 30.3 Å². The van der Waals surface area contributed by atoms with Gasteiger partial charge in [-0.05, 0) is 75.3 Å². The minimum atomic E-state index is -2.27. The van der Waals surface area contributed by atoms with Gasteiger partial charge in [0.25, 0.3) is 0 Å². The van der Waals surface area contributed by atoms with Crippen molar-refractivity contribution in [1.29, 1.82) is 0 Å². The van der Waals surface area contributed by atoms with Gasteiger partial charge in [-0.2, -0.15) is 0 Å². The molecule has 1 aliphatic heterocycles. The number of hydrogen-bond donors (Lipinski definition) is 5. The second kappa shape index (κ2) is 11.9. The number of carbonyl (C=O) groups excluding carboxylic acids is 1. The predicted molar refractivity (Wildman–Crippen MR) is 126 cm³/mol. The molecule has 1 saturated carbocycles. The van der Waals surface area contributed by atoms with Crippen molar-refractivity contribution >= 4 is 18.1 Å². The van der Waals surface area contributed by atoms with Gasteiger partial charge in [-0.1, -0.05) is 18.9 Å². The average molecular weight is 510 g/mol. The zero-order valence-corrected chi connectivity index (χ0v) is 20.5. The number of fused-ring (bicyclic) bond motifs is 1. The molecule has 4 rings (SSSR count). The molecule has 1 aromatic rings. The highest BCUT2D eigenvalue weighted by atomic mass is 16.8. The molecule has 1 heterocycles. The van der Waals surface area contributed by atoms with Gasteiger partial charge in [-0.25, -0.2) is 14.4 Å². The van der Waals surface area contributed by atoms with Crippen LogP contribution in [0.1, 0.15) is 57.1 Å². The molecule has 0 unspecified atom stereocenters. The van der Waals surface area contributed by atoms with E-state index in [0.29, 0.717) is 11.5 Å². The Kier molecular flexibility index (Phi) is 9.15. The second-order valence-corrected chi connectivity index (χ2v) is 9.73. The van der Waals surface area contributed by atoms with Crippen molar-refractivity contribution in [3.8, 4) is 5.75 Å². The highest BCUT2D eigenvalue weighted by Gasteiger charge is 2.51. The lowest BCUT2D eigenvalue weighted by Gasteiger charge is -2.56. The van der Waals surface area contributed by atoms with E-state index in [9.17, 15) is 14.4 Å². The molecule has 0 aromatic heterocycles. The van der Waals surface area contributed by atoms with Crippen LogP contribution in [-0.4, -0.2) is 76.2 Å². The van der Waals surface area contributed by atoms with Crippen molar-refractivity contribution in [2.24, 2.45) is 5.92 Å². The Labute approximate surface area is 209 Å². The maximum Gasteiger partial charge on any atom is 0.511 e. The molecular weight excluding hydrogens is 474 g/mol. The van der Waals surface area contributed by atoms with Gasteiger partial charge in [0.05, 0.1) is 6.10 Å². The minimum absolute atomic E-state index is 0.120. The van der Waals surface area contributed by atoms with Gasteiger partial charge in [0.2, 0.25) is 6.79 Å². The molecule has 5 N–H and O–H groups in total. The first-order chi connectivity index (χ1) is 17.0. The predicted octanol–water partition coefficient (Wildman–Crippen LogP) is 1.81. The van der Waals surface area contributed by atoms with E-state index in [1.54, 1.807) is 13.8 Å². The highest BCUT2D eigenvalue weighted by Crippen LogP contribution is 2.54. The van der Waals surface area contributed by atoms with Crippen LogP contribution in [0.15, 0.2) is 18.2 Å². The fourth-order valence-electron chi connectivity index (χ4n) is 5.64. The molecule has 0 amide bonds. The Balaban J connectivity index is 0.000000308. The quantitative estimate of drug-likeness (QED) is 0.268. The van der Waals surface area contributed by atoms with Crippen LogP contribution >= 0.6 is 0 Å².